The Morgan fingerprint density at radius 2 is 1.58 bits per heavy atom. The topological polar surface area (TPSA) is 77.0 Å². The largest absolute Gasteiger partial charge is 0.484 e. The lowest BCUT2D eigenvalue weighted by Gasteiger charge is -2.09. The van der Waals surface area contributed by atoms with Crippen LogP contribution in [0.2, 0.25) is 0 Å². The molecule has 4 rings (SSSR count). The van der Waals surface area contributed by atoms with Crippen LogP contribution < -0.4 is 14.9 Å². The quantitative estimate of drug-likeness (QED) is 0.125. The summed E-state index contributed by atoms with van der Waals surface area (Å²) in [5, 5.41) is 3.99. The monoisotopic (exact) mass is 542 g/mol. The number of hydrogen-bond donors (Lipinski definition) is 1. The van der Waals surface area contributed by atoms with Crippen LogP contribution in [0.4, 0.5) is 0 Å². The smallest absolute Gasteiger partial charge is 0.343 e. The van der Waals surface area contributed by atoms with Crippen molar-refractivity contribution in [3.05, 3.63) is 118 Å². The molecule has 1 N–H and O–H groups in total. The van der Waals surface area contributed by atoms with Crippen molar-refractivity contribution in [2.24, 2.45) is 5.10 Å². The van der Waals surface area contributed by atoms with E-state index in [1.165, 1.54) is 6.21 Å². The van der Waals surface area contributed by atoms with Crippen LogP contribution in [0.15, 0.2) is 107 Å². The van der Waals surface area contributed by atoms with Crippen LogP contribution in [0.25, 0.3) is 11.1 Å². The number of rotatable bonds is 8. The highest BCUT2D eigenvalue weighted by Crippen LogP contribution is 2.24. The maximum absolute atomic E-state index is 12.6. The number of carbonyl (C=O) groups is 2. The van der Waals surface area contributed by atoms with E-state index in [-0.39, 0.29) is 6.61 Å². The summed E-state index contributed by atoms with van der Waals surface area (Å²) in [5.41, 5.74) is 6.41. The fourth-order valence-corrected chi connectivity index (χ4v) is 3.78. The molecule has 4 aromatic carbocycles. The summed E-state index contributed by atoms with van der Waals surface area (Å²) in [6, 6.07) is 29.8. The van der Waals surface area contributed by atoms with Crippen molar-refractivity contribution < 1.29 is 19.1 Å². The Kier molecular flexibility index (Phi) is 8.26. The summed E-state index contributed by atoms with van der Waals surface area (Å²) in [6.07, 6.45) is 1.41. The molecule has 0 saturated carbocycles. The summed E-state index contributed by atoms with van der Waals surface area (Å²) in [6.45, 7) is 1.64. The third-order valence-electron chi connectivity index (χ3n) is 5.26. The van der Waals surface area contributed by atoms with E-state index in [2.05, 4.69) is 26.5 Å². The second kappa shape index (κ2) is 12.0. The molecule has 0 saturated heterocycles. The van der Waals surface area contributed by atoms with Crippen molar-refractivity contribution in [1.82, 2.24) is 5.43 Å². The van der Waals surface area contributed by atoms with Crippen molar-refractivity contribution in [1.29, 1.82) is 0 Å². The first-order valence-corrected chi connectivity index (χ1v) is 12.0. The second-order valence-corrected chi connectivity index (χ2v) is 8.77. The molecular formula is C29H23BrN2O4. The zero-order valence-electron chi connectivity index (χ0n) is 19.5. The van der Waals surface area contributed by atoms with E-state index in [1.807, 2.05) is 73.7 Å². The molecule has 4 aromatic rings. The number of hydrazone groups is 1. The van der Waals surface area contributed by atoms with Crippen LogP contribution in [-0.2, 0) is 4.79 Å². The highest BCUT2D eigenvalue weighted by atomic mass is 79.9. The van der Waals surface area contributed by atoms with Gasteiger partial charge in [0.25, 0.3) is 5.91 Å². The molecule has 0 unspecified atom stereocenters. The lowest BCUT2D eigenvalue weighted by Crippen LogP contribution is -2.24. The Bertz CT molecular complexity index is 1390. The molecule has 0 bridgehead atoms. The normalized spacial score (nSPS) is 10.7. The SMILES string of the molecule is Cc1ccccc1C(=O)Oc1ccc(Br)cc1/C=N\NC(=O)COc1ccc(-c2ccccc2)cc1. The van der Waals surface area contributed by atoms with Crippen LogP contribution in [0.3, 0.4) is 0 Å². The highest BCUT2D eigenvalue weighted by Gasteiger charge is 2.13. The Morgan fingerprint density at radius 3 is 2.33 bits per heavy atom. The number of ether oxygens (including phenoxy) is 2. The molecule has 1 amide bonds. The van der Waals surface area contributed by atoms with Crippen molar-refractivity contribution in [2.45, 2.75) is 6.92 Å². The van der Waals surface area contributed by atoms with Crippen LogP contribution in [0, 0.1) is 6.92 Å². The number of amides is 1. The number of nitrogens with zero attached hydrogens (tertiary/aromatic N) is 1. The van der Waals surface area contributed by atoms with Crippen molar-refractivity contribution >= 4 is 34.0 Å². The Morgan fingerprint density at radius 1 is 0.889 bits per heavy atom. The predicted octanol–water partition coefficient (Wildman–Crippen LogP) is 6.17. The number of aryl methyl sites for hydroxylation is 1. The maximum Gasteiger partial charge on any atom is 0.343 e. The van der Waals surface area contributed by atoms with Gasteiger partial charge >= 0.3 is 5.97 Å². The maximum atomic E-state index is 12.6. The molecule has 7 heteroatoms. The Labute approximate surface area is 217 Å². The molecular weight excluding hydrogens is 520 g/mol. The van der Waals surface area contributed by atoms with Gasteiger partial charge in [-0.3, -0.25) is 4.79 Å². The van der Waals surface area contributed by atoms with E-state index in [9.17, 15) is 9.59 Å². The first kappa shape index (κ1) is 24.9. The number of nitrogens with one attached hydrogen (secondary N) is 1. The van der Waals surface area contributed by atoms with Gasteiger partial charge in [0.1, 0.15) is 11.5 Å². The summed E-state index contributed by atoms with van der Waals surface area (Å²) in [7, 11) is 0. The van der Waals surface area contributed by atoms with Gasteiger partial charge in [0.05, 0.1) is 11.8 Å². The standard InChI is InChI=1S/C29H23BrN2O4/c1-20-7-5-6-10-26(20)29(34)36-27-16-13-24(30)17-23(27)18-31-32-28(33)19-35-25-14-11-22(12-15-25)21-8-3-2-4-9-21/h2-18H,19H2,1H3,(H,32,33)/b31-18-. The molecule has 6 nitrogen and oxygen atoms in total. The fourth-order valence-electron chi connectivity index (χ4n) is 3.40. The van der Waals surface area contributed by atoms with Crippen LogP contribution in [0.5, 0.6) is 11.5 Å². The first-order valence-electron chi connectivity index (χ1n) is 11.2. The highest BCUT2D eigenvalue weighted by molar-refractivity contribution is 9.10. The first-order chi connectivity index (χ1) is 17.5. The van der Waals surface area contributed by atoms with E-state index in [1.54, 1.807) is 30.3 Å². The summed E-state index contributed by atoms with van der Waals surface area (Å²) in [5.74, 6) is -0.00181. The molecule has 36 heavy (non-hydrogen) atoms. The van der Waals surface area contributed by atoms with Crippen LogP contribution in [0.1, 0.15) is 21.5 Å². The molecule has 0 aliphatic carbocycles. The van der Waals surface area contributed by atoms with Crippen molar-refractivity contribution in [2.75, 3.05) is 6.61 Å². The van der Waals surface area contributed by atoms with Gasteiger partial charge in [-0.1, -0.05) is 76.6 Å². The Hall–Kier alpha value is -4.23. The van der Waals surface area contributed by atoms with Gasteiger partial charge in [-0.2, -0.15) is 5.10 Å². The van der Waals surface area contributed by atoms with E-state index < -0.39 is 11.9 Å². The van der Waals surface area contributed by atoms with E-state index >= 15 is 0 Å². The van der Waals surface area contributed by atoms with Crippen LogP contribution >= 0.6 is 15.9 Å². The Balaban J connectivity index is 1.33. The third-order valence-corrected chi connectivity index (χ3v) is 5.76. The molecule has 0 atom stereocenters. The summed E-state index contributed by atoms with van der Waals surface area (Å²) in [4.78, 5) is 24.8. The third kappa shape index (κ3) is 6.67. The molecule has 0 aliphatic rings. The zero-order valence-corrected chi connectivity index (χ0v) is 21.1. The zero-order chi connectivity index (χ0) is 25.3. The molecule has 0 heterocycles. The van der Waals surface area contributed by atoms with Gasteiger partial charge in [0.15, 0.2) is 6.61 Å². The van der Waals surface area contributed by atoms with Gasteiger partial charge in [0, 0.05) is 10.0 Å². The number of carbonyl (C=O) groups excluding carboxylic acids is 2. The van der Waals surface area contributed by atoms with Gasteiger partial charge in [-0.05, 0) is 60.0 Å². The average molecular weight is 543 g/mol. The number of benzene rings is 4. The average Bonchev–Trinajstić information content (AvgIpc) is 2.90. The summed E-state index contributed by atoms with van der Waals surface area (Å²) >= 11 is 3.40. The molecule has 0 radical (unpaired) electrons. The molecule has 0 spiro atoms. The molecule has 0 aliphatic heterocycles. The molecule has 0 aromatic heterocycles. The second-order valence-electron chi connectivity index (χ2n) is 7.86. The van der Waals surface area contributed by atoms with E-state index in [0.717, 1.165) is 21.2 Å². The van der Waals surface area contributed by atoms with E-state index in [4.69, 9.17) is 9.47 Å². The fraction of sp³-hybridized carbons (Fsp3) is 0.0690. The predicted molar refractivity (Wildman–Crippen MR) is 143 cm³/mol. The lowest BCUT2D eigenvalue weighted by atomic mass is 10.1. The van der Waals surface area contributed by atoms with Crippen molar-refractivity contribution in [3.63, 3.8) is 0 Å². The van der Waals surface area contributed by atoms with Crippen LogP contribution in [-0.4, -0.2) is 24.7 Å². The summed E-state index contributed by atoms with van der Waals surface area (Å²) < 4.78 is 11.9. The minimum atomic E-state index is -0.471. The van der Waals surface area contributed by atoms with Gasteiger partial charge in [-0.25, -0.2) is 10.2 Å². The number of halogens is 1. The van der Waals surface area contributed by atoms with Gasteiger partial charge in [-0.15, -0.1) is 0 Å². The van der Waals surface area contributed by atoms with Gasteiger partial charge < -0.3 is 9.47 Å². The minimum Gasteiger partial charge on any atom is -0.484 e. The molecule has 0 fully saturated rings. The lowest BCUT2D eigenvalue weighted by molar-refractivity contribution is -0.123. The number of hydrogen-bond acceptors (Lipinski definition) is 5. The number of esters is 1. The minimum absolute atomic E-state index is 0.199. The molecule has 180 valence electrons. The van der Waals surface area contributed by atoms with Crippen molar-refractivity contribution in [3.8, 4) is 22.6 Å². The van der Waals surface area contributed by atoms with Gasteiger partial charge in [0.2, 0.25) is 0 Å². The van der Waals surface area contributed by atoms with E-state index in [0.29, 0.717) is 22.6 Å².